The topological polar surface area (TPSA) is 29.3 Å². The number of nitrogens with zero attached hydrogens (tertiary/aromatic N) is 1. The number of hydrogen-bond donors (Lipinski definition) is 1. The summed E-state index contributed by atoms with van der Waals surface area (Å²) in [5.74, 6) is 7.94. The van der Waals surface area contributed by atoms with Crippen molar-refractivity contribution in [3.8, 4) is 0 Å². The first-order valence-electron chi connectivity index (χ1n) is 10.6. The smallest absolute Gasteiger partial charge is 0.0133 e. The lowest BCUT2D eigenvalue weighted by atomic mass is 9.65. The van der Waals surface area contributed by atoms with Gasteiger partial charge in [-0.25, -0.2) is 5.01 Å². The maximum Gasteiger partial charge on any atom is 0.0133 e. The molecule has 2 N–H and O–H groups in total. The highest BCUT2D eigenvalue weighted by Crippen LogP contribution is 2.45. The highest BCUT2D eigenvalue weighted by Gasteiger charge is 2.37. The van der Waals surface area contributed by atoms with Crippen LogP contribution >= 0.6 is 0 Å². The minimum atomic E-state index is 0.582. The number of nitrogens with two attached hydrogens (primary N) is 1. The zero-order chi connectivity index (χ0) is 17.1. The van der Waals surface area contributed by atoms with Gasteiger partial charge in [-0.15, -0.1) is 0 Å². The molecule has 0 saturated carbocycles. The fourth-order valence-electron chi connectivity index (χ4n) is 4.60. The van der Waals surface area contributed by atoms with E-state index in [0.29, 0.717) is 5.41 Å². The molecule has 1 aliphatic heterocycles. The van der Waals surface area contributed by atoms with Crippen LogP contribution in [0, 0.1) is 17.3 Å². The van der Waals surface area contributed by atoms with E-state index < -0.39 is 0 Å². The SMILES string of the molecule is CCCCC(CC)CC1(CC(CC)CCCC)CCN(N)CC1. The van der Waals surface area contributed by atoms with Gasteiger partial charge >= 0.3 is 0 Å². The van der Waals surface area contributed by atoms with Crippen molar-refractivity contribution >= 4 is 0 Å². The van der Waals surface area contributed by atoms with Crippen LogP contribution in [0.2, 0.25) is 0 Å². The molecule has 138 valence electrons. The Bertz CT molecular complexity index is 262. The van der Waals surface area contributed by atoms with Gasteiger partial charge in [0, 0.05) is 13.1 Å². The van der Waals surface area contributed by atoms with Gasteiger partial charge in [0.05, 0.1) is 0 Å². The summed E-state index contributed by atoms with van der Waals surface area (Å²) in [7, 11) is 0. The molecular weight excluding hydrogens is 280 g/mol. The molecular formula is C21H44N2. The van der Waals surface area contributed by atoms with Crippen LogP contribution in [0.3, 0.4) is 0 Å². The molecule has 1 rings (SSSR count). The molecule has 0 amide bonds. The van der Waals surface area contributed by atoms with Crippen LogP contribution in [0.5, 0.6) is 0 Å². The van der Waals surface area contributed by atoms with Crippen molar-refractivity contribution < 1.29 is 0 Å². The summed E-state index contributed by atoms with van der Waals surface area (Å²) in [5, 5.41) is 2.05. The molecule has 2 unspecified atom stereocenters. The summed E-state index contributed by atoms with van der Waals surface area (Å²) >= 11 is 0. The van der Waals surface area contributed by atoms with Crippen molar-refractivity contribution in [2.75, 3.05) is 13.1 Å². The number of hydrogen-bond acceptors (Lipinski definition) is 2. The van der Waals surface area contributed by atoms with Gasteiger partial charge in [0.2, 0.25) is 0 Å². The Morgan fingerprint density at radius 1 is 0.826 bits per heavy atom. The molecule has 1 saturated heterocycles. The molecule has 0 aromatic carbocycles. The second kappa shape index (κ2) is 11.5. The molecule has 1 aliphatic rings. The molecule has 0 aromatic rings. The Morgan fingerprint density at radius 3 is 1.61 bits per heavy atom. The molecule has 0 bridgehead atoms. The summed E-state index contributed by atoms with van der Waals surface area (Å²) in [6, 6.07) is 0. The highest BCUT2D eigenvalue weighted by atomic mass is 15.4. The van der Waals surface area contributed by atoms with Gasteiger partial charge in [-0.05, 0) is 42.9 Å². The van der Waals surface area contributed by atoms with Crippen LogP contribution < -0.4 is 5.84 Å². The predicted octanol–water partition coefficient (Wildman–Crippen LogP) is 6.16. The van der Waals surface area contributed by atoms with Crippen molar-refractivity contribution in [3.05, 3.63) is 0 Å². The third-order valence-corrected chi connectivity index (χ3v) is 6.39. The standard InChI is InChI=1S/C21H44N2/c1-5-9-11-19(7-3)17-21(13-15-23(22)16-14-21)18-20(8-4)12-10-6-2/h19-20H,5-18,22H2,1-4H3. The van der Waals surface area contributed by atoms with E-state index in [1.165, 1.54) is 77.0 Å². The zero-order valence-electron chi connectivity index (χ0n) is 16.6. The van der Waals surface area contributed by atoms with E-state index in [4.69, 9.17) is 5.84 Å². The van der Waals surface area contributed by atoms with Crippen LogP contribution in [-0.4, -0.2) is 18.1 Å². The Hall–Kier alpha value is -0.0800. The van der Waals surface area contributed by atoms with Gasteiger partial charge in [-0.1, -0.05) is 79.1 Å². The summed E-state index contributed by atoms with van der Waals surface area (Å²) in [4.78, 5) is 0. The molecule has 2 atom stereocenters. The minimum absolute atomic E-state index is 0.582. The minimum Gasteiger partial charge on any atom is -0.269 e. The molecule has 23 heavy (non-hydrogen) atoms. The third kappa shape index (κ3) is 7.56. The van der Waals surface area contributed by atoms with Crippen molar-refractivity contribution in [1.29, 1.82) is 0 Å². The first kappa shape index (κ1) is 21.0. The van der Waals surface area contributed by atoms with Crippen LogP contribution in [0.1, 0.15) is 105 Å². The average molecular weight is 325 g/mol. The van der Waals surface area contributed by atoms with Crippen molar-refractivity contribution in [2.45, 2.75) is 105 Å². The molecule has 0 aliphatic carbocycles. The molecule has 1 fully saturated rings. The van der Waals surface area contributed by atoms with Gasteiger partial charge in [-0.3, -0.25) is 5.84 Å². The lowest BCUT2D eigenvalue weighted by molar-refractivity contribution is 0.0501. The van der Waals surface area contributed by atoms with E-state index in [2.05, 4.69) is 32.7 Å². The zero-order valence-corrected chi connectivity index (χ0v) is 16.6. The number of unbranched alkanes of at least 4 members (excludes halogenated alkanes) is 2. The summed E-state index contributed by atoms with van der Waals surface area (Å²) in [6.45, 7) is 11.7. The number of hydrazine groups is 1. The molecule has 0 aromatic heterocycles. The van der Waals surface area contributed by atoms with Gasteiger partial charge in [0.15, 0.2) is 0 Å². The first-order chi connectivity index (χ1) is 11.1. The molecule has 0 spiro atoms. The van der Waals surface area contributed by atoms with Gasteiger partial charge in [0.25, 0.3) is 0 Å². The summed E-state index contributed by atoms with van der Waals surface area (Å²) in [5.41, 5.74) is 0.582. The van der Waals surface area contributed by atoms with Crippen LogP contribution in [0.15, 0.2) is 0 Å². The van der Waals surface area contributed by atoms with E-state index in [1.807, 2.05) is 0 Å². The maximum atomic E-state index is 6.08. The fraction of sp³-hybridized carbons (Fsp3) is 1.00. The number of rotatable bonds is 12. The lowest BCUT2D eigenvalue weighted by Crippen LogP contribution is -2.45. The Kier molecular flexibility index (Phi) is 10.5. The second-order valence-electron chi connectivity index (χ2n) is 8.28. The first-order valence-corrected chi connectivity index (χ1v) is 10.6. The van der Waals surface area contributed by atoms with Crippen LogP contribution in [0.4, 0.5) is 0 Å². The average Bonchev–Trinajstić information content (AvgIpc) is 2.58. The maximum absolute atomic E-state index is 6.08. The van der Waals surface area contributed by atoms with E-state index in [-0.39, 0.29) is 0 Å². The van der Waals surface area contributed by atoms with Crippen molar-refractivity contribution in [3.63, 3.8) is 0 Å². The van der Waals surface area contributed by atoms with Crippen LogP contribution in [-0.2, 0) is 0 Å². The summed E-state index contributed by atoms with van der Waals surface area (Å²) in [6.07, 6.45) is 16.7. The van der Waals surface area contributed by atoms with E-state index in [9.17, 15) is 0 Å². The Labute approximate surface area is 146 Å². The van der Waals surface area contributed by atoms with E-state index >= 15 is 0 Å². The highest BCUT2D eigenvalue weighted by molar-refractivity contribution is 4.88. The van der Waals surface area contributed by atoms with Gasteiger partial charge in [0.1, 0.15) is 0 Å². The van der Waals surface area contributed by atoms with Gasteiger partial charge < -0.3 is 0 Å². The largest absolute Gasteiger partial charge is 0.269 e. The monoisotopic (exact) mass is 324 g/mol. The van der Waals surface area contributed by atoms with E-state index in [0.717, 1.165) is 24.9 Å². The Balaban J connectivity index is 2.72. The molecule has 0 radical (unpaired) electrons. The third-order valence-electron chi connectivity index (χ3n) is 6.39. The second-order valence-corrected chi connectivity index (χ2v) is 8.28. The molecule has 2 heteroatoms. The Morgan fingerprint density at radius 2 is 1.26 bits per heavy atom. The van der Waals surface area contributed by atoms with Crippen LogP contribution in [0.25, 0.3) is 0 Å². The normalized spacial score (nSPS) is 21.3. The number of piperidine rings is 1. The quantitative estimate of drug-likeness (QED) is 0.436. The fourth-order valence-corrected chi connectivity index (χ4v) is 4.60. The predicted molar refractivity (Wildman–Crippen MR) is 103 cm³/mol. The summed E-state index contributed by atoms with van der Waals surface area (Å²) < 4.78 is 0. The molecule has 2 nitrogen and oxygen atoms in total. The van der Waals surface area contributed by atoms with Crippen molar-refractivity contribution in [1.82, 2.24) is 5.01 Å². The molecule has 1 heterocycles. The lowest BCUT2D eigenvalue weighted by Gasteiger charge is -2.44. The van der Waals surface area contributed by atoms with Crippen molar-refractivity contribution in [2.24, 2.45) is 23.1 Å². The van der Waals surface area contributed by atoms with Gasteiger partial charge in [-0.2, -0.15) is 0 Å². The van der Waals surface area contributed by atoms with E-state index in [1.54, 1.807) is 0 Å².